The molecule has 0 fully saturated rings. The van der Waals surface area contributed by atoms with Gasteiger partial charge < -0.3 is 14.2 Å². The Morgan fingerprint density at radius 1 is 1.19 bits per heavy atom. The number of aryl methyl sites for hydroxylation is 1. The van der Waals surface area contributed by atoms with Crippen LogP contribution in [0.3, 0.4) is 0 Å². The lowest BCUT2D eigenvalue weighted by Crippen LogP contribution is -2.17. The van der Waals surface area contributed by atoms with E-state index in [4.69, 9.17) is 8.83 Å². The Labute approximate surface area is 153 Å². The van der Waals surface area contributed by atoms with Gasteiger partial charge in [0.25, 0.3) is 5.91 Å². The van der Waals surface area contributed by atoms with Gasteiger partial charge in [-0.2, -0.15) is 9.67 Å². The van der Waals surface area contributed by atoms with Gasteiger partial charge in [0.05, 0.1) is 12.8 Å². The summed E-state index contributed by atoms with van der Waals surface area (Å²) >= 11 is 0. The van der Waals surface area contributed by atoms with E-state index < -0.39 is 11.7 Å². The Kier molecular flexibility index (Phi) is 4.29. The topological polar surface area (TPSA) is 86.1 Å². The van der Waals surface area contributed by atoms with Crippen molar-refractivity contribution < 1.29 is 18.0 Å². The Balaban J connectivity index is 1.67. The first-order valence-corrected chi connectivity index (χ1v) is 8.20. The summed E-state index contributed by atoms with van der Waals surface area (Å²) in [5.41, 5.74) is 0.282. The summed E-state index contributed by atoms with van der Waals surface area (Å²) in [6.07, 6.45) is 1.50. The van der Waals surface area contributed by atoms with E-state index in [1.807, 2.05) is 19.1 Å². The minimum Gasteiger partial charge on any atom is -0.465 e. The van der Waals surface area contributed by atoms with Crippen molar-refractivity contribution in [3.8, 4) is 11.6 Å². The summed E-state index contributed by atoms with van der Waals surface area (Å²) in [7, 11) is 0. The zero-order chi connectivity index (χ0) is 18.8. The smallest absolute Gasteiger partial charge is 0.281 e. The number of furan rings is 2. The molecular formula is C19H15FN4O3. The Morgan fingerprint density at radius 3 is 2.67 bits per heavy atom. The summed E-state index contributed by atoms with van der Waals surface area (Å²) in [6.45, 7) is 2.17. The Bertz CT molecular complexity index is 1070. The van der Waals surface area contributed by atoms with Crippen molar-refractivity contribution in [3.05, 3.63) is 77.7 Å². The predicted octanol–water partition coefficient (Wildman–Crippen LogP) is 3.88. The van der Waals surface area contributed by atoms with Crippen molar-refractivity contribution in [2.24, 2.45) is 0 Å². The fourth-order valence-corrected chi connectivity index (χ4v) is 2.54. The minimum atomic E-state index is -0.446. The molecule has 7 nitrogen and oxygen atoms in total. The lowest BCUT2D eigenvalue weighted by molar-refractivity contribution is 0.0947. The average molecular weight is 366 g/mol. The second-order valence-corrected chi connectivity index (χ2v) is 5.83. The molecular weight excluding hydrogens is 351 g/mol. The van der Waals surface area contributed by atoms with Crippen molar-refractivity contribution in [3.63, 3.8) is 0 Å². The Hall–Kier alpha value is -3.68. The molecule has 1 aromatic carbocycles. The highest BCUT2D eigenvalue weighted by Gasteiger charge is 2.20. The first-order valence-electron chi connectivity index (χ1n) is 8.20. The van der Waals surface area contributed by atoms with Crippen LogP contribution in [0.2, 0.25) is 0 Å². The number of aromatic nitrogens is 3. The molecule has 4 aromatic rings. The van der Waals surface area contributed by atoms with Crippen molar-refractivity contribution in [1.82, 2.24) is 14.8 Å². The number of nitrogens with one attached hydrogen (secondary N) is 1. The minimum absolute atomic E-state index is 0.227. The molecule has 0 saturated carbocycles. The van der Waals surface area contributed by atoms with Gasteiger partial charge in [-0.05, 0) is 55.5 Å². The number of halogens is 1. The van der Waals surface area contributed by atoms with E-state index in [-0.39, 0.29) is 17.3 Å². The van der Waals surface area contributed by atoms with Gasteiger partial charge in [0.15, 0.2) is 5.76 Å². The van der Waals surface area contributed by atoms with Crippen molar-refractivity contribution in [1.29, 1.82) is 0 Å². The molecule has 0 aliphatic rings. The molecule has 0 unspecified atom stereocenters. The van der Waals surface area contributed by atoms with Crippen LogP contribution < -0.4 is 5.32 Å². The quantitative estimate of drug-likeness (QED) is 0.577. The summed E-state index contributed by atoms with van der Waals surface area (Å²) in [5, 5.41) is 7.29. The molecule has 0 amide bonds. The van der Waals surface area contributed by atoms with Crippen LogP contribution in [0.25, 0.3) is 11.6 Å². The highest BCUT2D eigenvalue weighted by atomic mass is 19.1. The molecule has 0 atom stereocenters. The number of nitrogens with zero attached hydrogens (tertiary/aromatic N) is 3. The molecule has 3 heterocycles. The third-order valence-electron chi connectivity index (χ3n) is 3.85. The third kappa shape index (κ3) is 3.50. The number of carbonyl (C=O) groups is 1. The first-order chi connectivity index (χ1) is 13.1. The van der Waals surface area contributed by atoms with Crippen LogP contribution in [-0.4, -0.2) is 20.7 Å². The van der Waals surface area contributed by atoms with E-state index >= 15 is 0 Å². The van der Waals surface area contributed by atoms with E-state index in [0.29, 0.717) is 18.1 Å². The number of rotatable bonds is 5. The van der Waals surface area contributed by atoms with E-state index in [0.717, 1.165) is 10.4 Å². The second-order valence-electron chi connectivity index (χ2n) is 5.83. The maximum atomic E-state index is 13.2. The molecule has 0 radical (unpaired) electrons. The molecule has 8 heteroatoms. The van der Waals surface area contributed by atoms with Gasteiger partial charge in [0.1, 0.15) is 17.3 Å². The van der Waals surface area contributed by atoms with E-state index in [1.54, 1.807) is 12.1 Å². The lowest BCUT2D eigenvalue weighted by Gasteiger charge is -2.06. The summed E-state index contributed by atoms with van der Waals surface area (Å²) in [6, 6.07) is 12.3. The third-order valence-corrected chi connectivity index (χ3v) is 3.85. The van der Waals surface area contributed by atoms with Crippen LogP contribution in [0.4, 0.5) is 10.3 Å². The van der Waals surface area contributed by atoms with E-state index in [9.17, 15) is 9.18 Å². The van der Waals surface area contributed by atoms with Crippen molar-refractivity contribution >= 4 is 11.9 Å². The Morgan fingerprint density at radius 2 is 2.00 bits per heavy atom. The van der Waals surface area contributed by atoms with Crippen LogP contribution in [0.1, 0.15) is 21.9 Å². The van der Waals surface area contributed by atoms with Gasteiger partial charge in [0, 0.05) is 5.56 Å². The van der Waals surface area contributed by atoms with Crippen LogP contribution in [0.5, 0.6) is 0 Å². The maximum Gasteiger partial charge on any atom is 0.281 e. The molecule has 4 rings (SSSR count). The van der Waals surface area contributed by atoms with Crippen LogP contribution in [0, 0.1) is 12.7 Å². The van der Waals surface area contributed by atoms with E-state index in [1.165, 1.54) is 30.5 Å². The highest BCUT2D eigenvalue weighted by molar-refractivity contribution is 5.97. The fraction of sp³-hybridized carbons (Fsp3) is 0.105. The molecule has 0 saturated heterocycles. The highest BCUT2D eigenvalue weighted by Crippen LogP contribution is 2.20. The monoisotopic (exact) mass is 366 g/mol. The summed E-state index contributed by atoms with van der Waals surface area (Å²) in [4.78, 5) is 17.2. The van der Waals surface area contributed by atoms with Crippen molar-refractivity contribution in [2.75, 3.05) is 5.32 Å². The molecule has 0 bridgehead atoms. The van der Waals surface area contributed by atoms with Gasteiger partial charge in [-0.3, -0.25) is 4.79 Å². The SMILES string of the molecule is Cc1ccc(CNc2nc(-c3ccco3)nn2C(=O)c2ccc(F)cc2)o1. The predicted molar refractivity (Wildman–Crippen MR) is 94.6 cm³/mol. The molecule has 0 aliphatic carbocycles. The molecule has 0 aliphatic heterocycles. The van der Waals surface area contributed by atoms with Gasteiger partial charge >= 0.3 is 0 Å². The van der Waals surface area contributed by atoms with Crippen molar-refractivity contribution in [2.45, 2.75) is 13.5 Å². The van der Waals surface area contributed by atoms with Crippen LogP contribution in [-0.2, 0) is 6.54 Å². The molecule has 27 heavy (non-hydrogen) atoms. The van der Waals surface area contributed by atoms with Crippen LogP contribution in [0.15, 0.2) is 63.6 Å². The van der Waals surface area contributed by atoms with Crippen LogP contribution >= 0.6 is 0 Å². The number of hydrogen-bond acceptors (Lipinski definition) is 6. The number of anilines is 1. The van der Waals surface area contributed by atoms with Gasteiger partial charge in [-0.25, -0.2) is 4.39 Å². The first kappa shape index (κ1) is 16.8. The number of carbonyl (C=O) groups excluding carboxylic acids is 1. The fourth-order valence-electron chi connectivity index (χ4n) is 2.54. The lowest BCUT2D eigenvalue weighted by atomic mass is 10.2. The molecule has 136 valence electrons. The zero-order valence-electron chi connectivity index (χ0n) is 14.3. The second kappa shape index (κ2) is 6.91. The maximum absolute atomic E-state index is 13.2. The zero-order valence-corrected chi connectivity index (χ0v) is 14.3. The largest absolute Gasteiger partial charge is 0.465 e. The van der Waals surface area contributed by atoms with Gasteiger partial charge in [-0.1, -0.05) is 0 Å². The number of hydrogen-bond donors (Lipinski definition) is 1. The molecule has 3 aromatic heterocycles. The summed E-state index contributed by atoms with van der Waals surface area (Å²) in [5.74, 6) is 1.52. The molecule has 1 N–H and O–H groups in total. The normalized spacial score (nSPS) is 10.9. The van der Waals surface area contributed by atoms with Gasteiger partial charge in [-0.15, -0.1) is 5.10 Å². The average Bonchev–Trinajstić information content (AvgIpc) is 3.40. The van der Waals surface area contributed by atoms with E-state index in [2.05, 4.69) is 15.4 Å². The summed E-state index contributed by atoms with van der Waals surface area (Å²) < 4.78 is 25.1. The van der Waals surface area contributed by atoms with Gasteiger partial charge in [0.2, 0.25) is 11.8 Å². The molecule has 0 spiro atoms. The number of benzene rings is 1. The standard InChI is InChI=1S/C19H15FN4O3/c1-12-4-9-15(27-12)11-21-19-22-17(16-3-2-10-26-16)23-24(19)18(25)13-5-7-14(20)8-6-13/h2-10H,11H2,1H3,(H,21,22,23).